The average molecular weight is 349 g/mol. The van der Waals surface area contributed by atoms with Gasteiger partial charge in [-0.1, -0.05) is 30.3 Å². The van der Waals surface area contributed by atoms with E-state index in [-0.39, 0.29) is 6.42 Å². The van der Waals surface area contributed by atoms with Crippen molar-refractivity contribution in [3.63, 3.8) is 0 Å². The van der Waals surface area contributed by atoms with Crippen molar-refractivity contribution in [3.8, 4) is 0 Å². The summed E-state index contributed by atoms with van der Waals surface area (Å²) in [4.78, 5) is 37.9. The van der Waals surface area contributed by atoms with Gasteiger partial charge in [-0.15, -0.1) is 0 Å². The van der Waals surface area contributed by atoms with E-state index in [1.807, 2.05) is 0 Å². The van der Waals surface area contributed by atoms with Crippen LogP contribution in [-0.2, 0) is 19.1 Å². The molecule has 1 fully saturated rings. The minimum atomic E-state index is -1.13. The number of nitrogens with zero attached hydrogens (tertiary/aromatic N) is 1. The van der Waals surface area contributed by atoms with Crippen molar-refractivity contribution in [1.29, 1.82) is 0 Å². The first-order valence-corrected chi connectivity index (χ1v) is 8.02. The molecule has 7 heteroatoms. The van der Waals surface area contributed by atoms with Gasteiger partial charge in [0, 0.05) is 0 Å². The summed E-state index contributed by atoms with van der Waals surface area (Å²) >= 11 is 0. The maximum Gasteiger partial charge on any atom is 0.417 e. The van der Waals surface area contributed by atoms with Gasteiger partial charge < -0.3 is 14.6 Å². The van der Waals surface area contributed by atoms with Gasteiger partial charge in [0.05, 0.1) is 19.1 Å². The molecule has 3 atom stereocenters. The van der Waals surface area contributed by atoms with E-state index >= 15 is 0 Å². The van der Waals surface area contributed by atoms with E-state index in [4.69, 9.17) is 9.47 Å². The van der Waals surface area contributed by atoms with Crippen LogP contribution in [0.2, 0.25) is 0 Å². The van der Waals surface area contributed by atoms with Gasteiger partial charge in [0.15, 0.2) is 0 Å². The van der Waals surface area contributed by atoms with Crippen LogP contribution in [-0.4, -0.2) is 46.7 Å². The summed E-state index contributed by atoms with van der Waals surface area (Å²) in [7, 11) is 1.18. The molecular weight excluding hydrogens is 326 g/mol. The molecule has 1 saturated heterocycles. The highest BCUT2D eigenvalue weighted by Gasteiger charge is 2.51. The highest BCUT2D eigenvalue weighted by atomic mass is 16.6. The molecule has 0 aliphatic carbocycles. The number of aliphatic hydroxyl groups is 1. The van der Waals surface area contributed by atoms with Crippen molar-refractivity contribution in [2.24, 2.45) is 5.92 Å². The molecule has 7 nitrogen and oxygen atoms in total. The number of ether oxygens (including phenoxy) is 2. The van der Waals surface area contributed by atoms with Gasteiger partial charge in [-0.25, -0.2) is 14.5 Å². The first kappa shape index (κ1) is 18.9. The number of amides is 2. The molecule has 1 aromatic rings. The van der Waals surface area contributed by atoms with Crippen LogP contribution in [0.25, 0.3) is 0 Å². The second-order valence-corrected chi connectivity index (χ2v) is 6.93. The molecule has 1 aromatic carbocycles. The lowest BCUT2D eigenvalue weighted by Gasteiger charge is -2.26. The lowest BCUT2D eigenvalue weighted by molar-refractivity contribution is -0.149. The second-order valence-electron chi connectivity index (χ2n) is 6.93. The Hall–Kier alpha value is -2.41. The van der Waals surface area contributed by atoms with Crippen molar-refractivity contribution < 1.29 is 29.0 Å². The van der Waals surface area contributed by atoms with Crippen molar-refractivity contribution in [3.05, 3.63) is 35.9 Å². The molecule has 2 amide bonds. The first-order valence-electron chi connectivity index (χ1n) is 8.02. The number of rotatable bonds is 3. The predicted octanol–water partition coefficient (Wildman–Crippen LogP) is 2.05. The third-order valence-corrected chi connectivity index (χ3v) is 3.93. The standard InChI is InChI=1S/C18H23NO6/c1-18(2,3)25-17(23)19-13(16(22)24-4)10-12(15(19)21)14(20)11-8-6-5-7-9-11/h5-9,12-14,20H,10H2,1-4H3/t12?,13-,14?/m0/s1. The topological polar surface area (TPSA) is 93.1 Å². The quantitative estimate of drug-likeness (QED) is 0.840. The smallest absolute Gasteiger partial charge is 0.417 e. The predicted molar refractivity (Wildman–Crippen MR) is 88.4 cm³/mol. The first-order chi connectivity index (χ1) is 11.7. The molecular formula is C18H23NO6. The molecule has 0 aromatic heterocycles. The highest BCUT2D eigenvalue weighted by molar-refractivity contribution is 6.01. The molecule has 0 saturated carbocycles. The van der Waals surface area contributed by atoms with E-state index in [9.17, 15) is 19.5 Å². The largest absolute Gasteiger partial charge is 0.467 e. The molecule has 1 aliphatic rings. The summed E-state index contributed by atoms with van der Waals surface area (Å²) in [6.45, 7) is 4.98. The zero-order chi connectivity index (χ0) is 18.8. The zero-order valence-corrected chi connectivity index (χ0v) is 14.8. The third kappa shape index (κ3) is 4.17. The van der Waals surface area contributed by atoms with E-state index in [0.29, 0.717) is 5.56 Å². The molecule has 0 spiro atoms. The number of methoxy groups -OCH3 is 1. The van der Waals surface area contributed by atoms with E-state index < -0.39 is 41.6 Å². The molecule has 25 heavy (non-hydrogen) atoms. The molecule has 0 radical (unpaired) electrons. The second kappa shape index (κ2) is 7.23. The molecule has 136 valence electrons. The zero-order valence-electron chi connectivity index (χ0n) is 14.8. The fraction of sp³-hybridized carbons (Fsp3) is 0.500. The van der Waals surface area contributed by atoms with Crippen LogP contribution in [0.5, 0.6) is 0 Å². The molecule has 2 unspecified atom stereocenters. The number of carbonyl (C=O) groups is 3. The van der Waals surface area contributed by atoms with Crippen LogP contribution in [0.3, 0.4) is 0 Å². The molecule has 0 bridgehead atoms. The van der Waals surface area contributed by atoms with Crippen molar-refractivity contribution >= 4 is 18.0 Å². The summed E-state index contributed by atoms with van der Waals surface area (Å²) in [5.41, 5.74) is -0.288. The Morgan fingerprint density at radius 2 is 1.84 bits per heavy atom. The maximum absolute atomic E-state index is 12.7. The monoisotopic (exact) mass is 349 g/mol. The van der Waals surface area contributed by atoms with Crippen LogP contribution in [0.1, 0.15) is 38.9 Å². The fourth-order valence-corrected chi connectivity index (χ4v) is 2.79. The number of carbonyl (C=O) groups excluding carboxylic acids is 3. The van der Waals surface area contributed by atoms with Crippen molar-refractivity contribution in [2.45, 2.75) is 44.9 Å². The fourth-order valence-electron chi connectivity index (χ4n) is 2.79. The van der Waals surface area contributed by atoms with Gasteiger partial charge in [0.25, 0.3) is 0 Å². The van der Waals surface area contributed by atoms with Crippen LogP contribution in [0, 0.1) is 5.92 Å². The van der Waals surface area contributed by atoms with Gasteiger partial charge >= 0.3 is 12.1 Å². The lowest BCUT2D eigenvalue weighted by Crippen LogP contribution is -2.46. The summed E-state index contributed by atoms with van der Waals surface area (Å²) in [5.74, 6) is -2.30. The number of likely N-dealkylation sites (tertiary alicyclic amines) is 1. The van der Waals surface area contributed by atoms with Crippen LogP contribution in [0.15, 0.2) is 30.3 Å². The summed E-state index contributed by atoms with van der Waals surface area (Å²) in [6, 6.07) is 7.51. The van der Waals surface area contributed by atoms with Gasteiger partial charge in [-0.2, -0.15) is 0 Å². The normalized spacial score (nSPS) is 21.8. The van der Waals surface area contributed by atoms with Crippen LogP contribution in [0.4, 0.5) is 4.79 Å². The van der Waals surface area contributed by atoms with E-state index in [1.54, 1.807) is 51.1 Å². The third-order valence-electron chi connectivity index (χ3n) is 3.93. The van der Waals surface area contributed by atoms with Crippen molar-refractivity contribution in [1.82, 2.24) is 4.90 Å². The molecule has 1 aliphatic heterocycles. The highest BCUT2D eigenvalue weighted by Crippen LogP contribution is 2.36. The Morgan fingerprint density at radius 3 is 2.36 bits per heavy atom. The van der Waals surface area contributed by atoms with E-state index in [2.05, 4.69) is 0 Å². The minimum Gasteiger partial charge on any atom is -0.467 e. The number of hydrogen-bond acceptors (Lipinski definition) is 6. The van der Waals surface area contributed by atoms with E-state index in [1.165, 1.54) is 7.11 Å². The number of benzene rings is 1. The van der Waals surface area contributed by atoms with Gasteiger partial charge in [0.1, 0.15) is 11.6 Å². The average Bonchev–Trinajstić information content (AvgIpc) is 2.90. The Balaban J connectivity index is 2.29. The summed E-state index contributed by atoms with van der Waals surface area (Å²) < 4.78 is 9.93. The van der Waals surface area contributed by atoms with Gasteiger partial charge in [0.2, 0.25) is 5.91 Å². The minimum absolute atomic E-state index is 0.0270. The maximum atomic E-state index is 12.7. The number of hydrogen-bond donors (Lipinski definition) is 1. The lowest BCUT2D eigenvalue weighted by atomic mass is 9.93. The SMILES string of the molecule is COC(=O)[C@@H]1CC(C(O)c2ccccc2)C(=O)N1C(=O)OC(C)(C)C. The molecule has 1 N–H and O–H groups in total. The molecule has 1 heterocycles. The van der Waals surface area contributed by atoms with E-state index in [0.717, 1.165) is 4.90 Å². The van der Waals surface area contributed by atoms with Gasteiger partial charge in [-0.05, 0) is 32.8 Å². The number of esters is 1. The van der Waals surface area contributed by atoms with Crippen molar-refractivity contribution in [2.75, 3.05) is 7.11 Å². The number of aliphatic hydroxyl groups excluding tert-OH is 1. The Kier molecular flexibility index (Phi) is 5.47. The van der Waals surface area contributed by atoms with Gasteiger partial charge in [-0.3, -0.25) is 4.79 Å². The van der Waals surface area contributed by atoms with Crippen LogP contribution >= 0.6 is 0 Å². The summed E-state index contributed by atoms with van der Waals surface area (Å²) in [5, 5.41) is 10.5. The summed E-state index contributed by atoms with van der Waals surface area (Å²) in [6.07, 6.45) is -2.08. The Labute approximate surface area is 146 Å². The van der Waals surface area contributed by atoms with Crippen LogP contribution < -0.4 is 0 Å². The molecule has 2 rings (SSSR count). The Bertz CT molecular complexity index is 651. The number of imide groups is 1. The Morgan fingerprint density at radius 1 is 1.24 bits per heavy atom.